The van der Waals surface area contributed by atoms with Gasteiger partial charge >= 0.3 is 5.97 Å². The Morgan fingerprint density at radius 1 is 1.15 bits per heavy atom. The van der Waals surface area contributed by atoms with Gasteiger partial charge in [0.25, 0.3) is 0 Å². The van der Waals surface area contributed by atoms with Crippen molar-refractivity contribution in [3.63, 3.8) is 0 Å². The number of methoxy groups -OCH3 is 1. The van der Waals surface area contributed by atoms with E-state index >= 15 is 0 Å². The van der Waals surface area contributed by atoms with E-state index in [-0.39, 0.29) is 21.9 Å². The summed E-state index contributed by atoms with van der Waals surface area (Å²) in [5.74, 6) is -1.83. The molecule has 0 aromatic heterocycles. The summed E-state index contributed by atoms with van der Waals surface area (Å²) in [4.78, 5) is 23.0. The Morgan fingerprint density at radius 2 is 1.81 bits per heavy atom. The van der Waals surface area contributed by atoms with Gasteiger partial charge in [0.15, 0.2) is 0 Å². The van der Waals surface area contributed by atoms with Gasteiger partial charge in [-0.1, -0.05) is 17.7 Å². The maximum Gasteiger partial charge on any atom is 0.320 e. The summed E-state index contributed by atoms with van der Waals surface area (Å²) >= 11 is 5.88. The molecule has 0 aliphatic heterocycles. The van der Waals surface area contributed by atoms with Gasteiger partial charge in [0, 0.05) is 16.3 Å². The van der Waals surface area contributed by atoms with Crippen LogP contribution in [0.15, 0.2) is 47.4 Å². The van der Waals surface area contributed by atoms with Crippen LogP contribution in [0.2, 0.25) is 5.02 Å². The van der Waals surface area contributed by atoms with Gasteiger partial charge in [-0.15, -0.1) is 0 Å². The third kappa shape index (κ3) is 5.75. The van der Waals surface area contributed by atoms with Gasteiger partial charge < -0.3 is 10.1 Å². The zero-order valence-corrected chi connectivity index (χ0v) is 15.7. The van der Waals surface area contributed by atoms with Crippen molar-refractivity contribution in [2.75, 3.05) is 19.0 Å². The van der Waals surface area contributed by atoms with E-state index in [0.29, 0.717) is 5.69 Å². The van der Waals surface area contributed by atoms with Crippen molar-refractivity contribution in [3.05, 3.63) is 58.9 Å². The summed E-state index contributed by atoms with van der Waals surface area (Å²) < 4.78 is 44.2. The van der Waals surface area contributed by atoms with Gasteiger partial charge in [-0.25, -0.2) is 12.8 Å². The van der Waals surface area contributed by atoms with Crippen LogP contribution in [-0.4, -0.2) is 33.9 Å². The lowest BCUT2D eigenvalue weighted by Crippen LogP contribution is -2.30. The van der Waals surface area contributed by atoms with E-state index in [0.717, 1.165) is 7.11 Å². The molecule has 0 aliphatic carbocycles. The molecule has 0 unspecified atom stereocenters. The molecule has 0 fully saturated rings. The van der Waals surface area contributed by atoms with Crippen LogP contribution in [0.4, 0.5) is 10.1 Å². The molecule has 0 bridgehead atoms. The van der Waals surface area contributed by atoms with Crippen molar-refractivity contribution >= 4 is 39.2 Å². The zero-order valence-electron chi connectivity index (χ0n) is 14.2. The van der Waals surface area contributed by atoms with Gasteiger partial charge in [0.05, 0.1) is 18.4 Å². The maximum absolute atomic E-state index is 13.7. The van der Waals surface area contributed by atoms with Gasteiger partial charge in [-0.2, -0.15) is 4.72 Å². The van der Waals surface area contributed by atoms with Gasteiger partial charge in [0.1, 0.15) is 12.4 Å². The van der Waals surface area contributed by atoms with Crippen LogP contribution in [0.5, 0.6) is 0 Å². The molecule has 0 heterocycles. The highest BCUT2D eigenvalue weighted by molar-refractivity contribution is 7.89. The van der Waals surface area contributed by atoms with Crippen molar-refractivity contribution in [3.8, 4) is 0 Å². The van der Waals surface area contributed by atoms with Crippen LogP contribution in [0.25, 0.3) is 0 Å². The standard InChI is InChI=1S/C17H16ClFN2O5S/c1-26-17(23)10-20-27(24,25)12-7-5-11(6-8-12)21-16(22)9-13-14(18)3-2-4-15(13)19/h2-8,20H,9-10H2,1H3,(H,21,22). The lowest BCUT2D eigenvalue weighted by Gasteiger charge is -2.09. The van der Waals surface area contributed by atoms with Crippen molar-refractivity contribution in [2.24, 2.45) is 0 Å². The van der Waals surface area contributed by atoms with E-state index in [9.17, 15) is 22.4 Å². The van der Waals surface area contributed by atoms with E-state index in [2.05, 4.69) is 14.8 Å². The fourth-order valence-electron chi connectivity index (χ4n) is 2.09. The molecule has 0 saturated heterocycles. The molecule has 0 aliphatic rings. The lowest BCUT2D eigenvalue weighted by molar-refractivity contribution is -0.139. The number of carbonyl (C=O) groups is 2. The summed E-state index contributed by atoms with van der Waals surface area (Å²) in [5, 5.41) is 2.67. The molecule has 0 radical (unpaired) electrons. The molecule has 2 N–H and O–H groups in total. The first-order valence-corrected chi connectivity index (χ1v) is 9.48. The summed E-state index contributed by atoms with van der Waals surface area (Å²) in [6.45, 7) is -0.499. The molecule has 0 spiro atoms. The van der Waals surface area contributed by atoms with Crippen molar-refractivity contribution in [1.82, 2.24) is 4.72 Å². The van der Waals surface area contributed by atoms with E-state index in [4.69, 9.17) is 11.6 Å². The Balaban J connectivity index is 2.03. The first kappa shape index (κ1) is 20.8. The van der Waals surface area contributed by atoms with Gasteiger partial charge in [0.2, 0.25) is 15.9 Å². The lowest BCUT2D eigenvalue weighted by atomic mass is 10.1. The number of anilines is 1. The summed E-state index contributed by atoms with van der Waals surface area (Å²) in [5.41, 5.74) is 0.391. The Morgan fingerprint density at radius 3 is 2.41 bits per heavy atom. The quantitative estimate of drug-likeness (QED) is 0.676. The molecule has 27 heavy (non-hydrogen) atoms. The summed E-state index contributed by atoms with van der Waals surface area (Å²) in [6.07, 6.45) is -0.272. The minimum absolute atomic E-state index is 0.0721. The molecule has 0 atom stereocenters. The molecule has 10 heteroatoms. The van der Waals surface area contributed by atoms with Crippen LogP contribution in [0.3, 0.4) is 0 Å². The Hall–Kier alpha value is -2.49. The van der Waals surface area contributed by atoms with E-state index in [1.54, 1.807) is 0 Å². The SMILES string of the molecule is COC(=O)CNS(=O)(=O)c1ccc(NC(=O)Cc2c(F)cccc2Cl)cc1. The van der Waals surface area contributed by atoms with Crippen molar-refractivity contribution in [1.29, 1.82) is 0 Å². The smallest absolute Gasteiger partial charge is 0.320 e. The number of sulfonamides is 1. The van der Waals surface area contributed by atoms with Crippen LogP contribution >= 0.6 is 11.6 Å². The minimum atomic E-state index is -3.90. The Labute approximate surface area is 160 Å². The van der Waals surface area contributed by atoms with Crippen molar-refractivity contribution < 1.29 is 27.1 Å². The topological polar surface area (TPSA) is 102 Å². The molecule has 144 valence electrons. The highest BCUT2D eigenvalue weighted by Gasteiger charge is 2.16. The first-order chi connectivity index (χ1) is 12.7. The number of esters is 1. The highest BCUT2D eigenvalue weighted by atomic mass is 35.5. The van der Waals surface area contributed by atoms with Gasteiger partial charge in [-0.05, 0) is 36.4 Å². The average Bonchev–Trinajstić information content (AvgIpc) is 2.63. The number of benzene rings is 2. The largest absolute Gasteiger partial charge is 0.468 e. The molecular formula is C17H16ClFN2O5S. The molecule has 7 nitrogen and oxygen atoms in total. The fourth-order valence-corrected chi connectivity index (χ4v) is 3.29. The Bertz CT molecular complexity index is 928. The number of carbonyl (C=O) groups excluding carboxylic acids is 2. The van der Waals surface area contributed by atoms with Crippen LogP contribution in [0.1, 0.15) is 5.56 Å². The molecular weight excluding hydrogens is 399 g/mol. The predicted octanol–water partition coefficient (Wildman–Crippen LogP) is 2.11. The second kappa shape index (κ2) is 8.94. The average molecular weight is 415 g/mol. The molecule has 2 aromatic rings. The van der Waals surface area contributed by atoms with E-state index in [1.165, 1.54) is 42.5 Å². The maximum atomic E-state index is 13.7. The molecule has 0 saturated carbocycles. The zero-order chi connectivity index (χ0) is 20.0. The van der Waals surface area contributed by atoms with Crippen LogP contribution in [0, 0.1) is 5.82 Å². The Kier molecular flexibility index (Phi) is 6.89. The number of ether oxygens (including phenoxy) is 1. The number of hydrogen-bond acceptors (Lipinski definition) is 5. The highest BCUT2D eigenvalue weighted by Crippen LogP contribution is 2.20. The third-order valence-electron chi connectivity index (χ3n) is 3.48. The molecule has 2 rings (SSSR count). The van der Waals surface area contributed by atoms with E-state index < -0.39 is 34.3 Å². The van der Waals surface area contributed by atoms with E-state index in [1.807, 2.05) is 0 Å². The third-order valence-corrected chi connectivity index (χ3v) is 5.25. The number of nitrogens with one attached hydrogen (secondary N) is 2. The summed E-state index contributed by atoms with van der Waals surface area (Å²) in [7, 11) is -2.76. The first-order valence-electron chi connectivity index (χ1n) is 7.62. The number of halogens is 2. The molecule has 2 aromatic carbocycles. The van der Waals surface area contributed by atoms with Crippen molar-refractivity contribution in [2.45, 2.75) is 11.3 Å². The predicted molar refractivity (Wildman–Crippen MR) is 97.4 cm³/mol. The molecule has 1 amide bonds. The normalized spacial score (nSPS) is 11.1. The van der Waals surface area contributed by atoms with Gasteiger partial charge in [-0.3, -0.25) is 9.59 Å². The van der Waals surface area contributed by atoms with Crippen LogP contribution < -0.4 is 10.0 Å². The van der Waals surface area contributed by atoms with Crippen LogP contribution in [-0.2, 0) is 30.8 Å². The second-order valence-corrected chi connectivity index (χ2v) is 7.52. The number of hydrogen-bond donors (Lipinski definition) is 2. The minimum Gasteiger partial charge on any atom is -0.468 e. The number of rotatable bonds is 7. The second-order valence-electron chi connectivity index (χ2n) is 5.35. The number of amides is 1. The monoisotopic (exact) mass is 414 g/mol. The summed E-state index contributed by atoms with van der Waals surface area (Å²) in [6, 6.07) is 9.37. The fraction of sp³-hybridized carbons (Fsp3) is 0.176.